The zero-order chi connectivity index (χ0) is 24.8. The molecule has 1 heterocycles. The third-order valence-corrected chi connectivity index (χ3v) is 6.48. The second-order valence-electron chi connectivity index (χ2n) is 8.44. The topological polar surface area (TPSA) is 101 Å². The minimum atomic E-state index is -1.15. The van der Waals surface area contributed by atoms with Crippen LogP contribution in [-0.4, -0.2) is 40.2 Å². The molecule has 1 amide bonds. The third-order valence-electron chi connectivity index (χ3n) is 5.85. The Morgan fingerprint density at radius 1 is 1.00 bits per heavy atom. The van der Waals surface area contributed by atoms with Crippen molar-refractivity contribution in [3.63, 3.8) is 0 Å². The molecule has 3 N–H and O–H groups in total. The fourth-order valence-electron chi connectivity index (χ4n) is 3.84. The smallest absolute Gasteiger partial charge is 0.326 e. The Morgan fingerprint density at radius 2 is 1.69 bits per heavy atom. The van der Waals surface area contributed by atoms with E-state index >= 15 is 0 Å². The molecule has 4 rings (SSSR count). The largest absolute Gasteiger partial charge is 0.480 e. The number of nitrogens with one attached hydrogen (secondary N) is 2. The molecule has 1 fully saturated rings. The van der Waals surface area contributed by atoms with Crippen molar-refractivity contribution in [3.05, 3.63) is 93.6 Å². The van der Waals surface area contributed by atoms with Crippen LogP contribution in [0.2, 0.25) is 10.0 Å². The monoisotopic (exact) mass is 513 g/mol. The number of nitrogens with zero attached hydrogens (tertiary/aromatic N) is 1. The van der Waals surface area contributed by atoms with E-state index in [9.17, 15) is 14.7 Å². The second-order valence-corrected chi connectivity index (χ2v) is 9.26. The summed E-state index contributed by atoms with van der Waals surface area (Å²) < 4.78 is 5.98. The highest BCUT2D eigenvalue weighted by molar-refractivity contribution is 6.39. The molecule has 7 nitrogen and oxygen atoms in total. The van der Waals surface area contributed by atoms with E-state index in [1.807, 2.05) is 42.5 Å². The summed E-state index contributed by atoms with van der Waals surface area (Å²) in [6, 6.07) is 17.2. The van der Waals surface area contributed by atoms with Gasteiger partial charge in [-0.2, -0.15) is 0 Å². The average molecular weight is 514 g/mol. The number of carbonyl (C=O) groups is 2. The number of carboxylic acid groups (broad SMARTS) is 1. The van der Waals surface area contributed by atoms with Crippen LogP contribution >= 0.6 is 23.2 Å². The number of benzene rings is 2. The van der Waals surface area contributed by atoms with Gasteiger partial charge in [0.15, 0.2) is 0 Å². The normalized spacial score (nSPS) is 17.8. The first-order valence-corrected chi connectivity index (χ1v) is 12.0. The second kappa shape index (κ2) is 11.5. The van der Waals surface area contributed by atoms with Crippen molar-refractivity contribution in [2.45, 2.75) is 44.1 Å². The van der Waals surface area contributed by atoms with Crippen LogP contribution in [0.5, 0.6) is 0 Å². The summed E-state index contributed by atoms with van der Waals surface area (Å²) in [5, 5.41) is 15.8. The molecule has 0 bridgehead atoms. The van der Waals surface area contributed by atoms with E-state index in [2.05, 4.69) is 15.6 Å². The lowest BCUT2D eigenvalue weighted by Crippen LogP contribution is -2.42. The lowest BCUT2D eigenvalue weighted by molar-refractivity contribution is -0.139. The highest BCUT2D eigenvalue weighted by atomic mass is 35.5. The number of carboxylic acids is 1. The van der Waals surface area contributed by atoms with Crippen molar-refractivity contribution in [1.82, 2.24) is 10.3 Å². The number of hydrogen-bond acceptors (Lipinski definition) is 5. The van der Waals surface area contributed by atoms with Gasteiger partial charge in [-0.25, -0.2) is 9.78 Å². The van der Waals surface area contributed by atoms with E-state index < -0.39 is 17.9 Å². The molecule has 1 unspecified atom stereocenters. The number of aliphatic carboxylic acids is 1. The standard InChI is InChI=1S/C26H25Cl2N3O4/c27-20-4-3-5-21(28)24(20)25(32)31-22(26(33)34)12-16-7-9-17(10-8-16)15-35-19-13-18(14-19)30-23-6-1-2-11-29-23/h1-11,18-19,22H,12-15H2,(H,29,30)(H,31,32)(H,33,34). The quantitative estimate of drug-likeness (QED) is 0.353. The molecule has 0 aliphatic heterocycles. The van der Waals surface area contributed by atoms with Gasteiger partial charge in [0.2, 0.25) is 0 Å². The Kier molecular flexibility index (Phi) is 8.23. The van der Waals surface area contributed by atoms with Gasteiger partial charge in [0.05, 0.1) is 28.3 Å². The number of ether oxygens (including phenoxy) is 1. The molecule has 3 aromatic rings. The Hall–Kier alpha value is -3.13. The first kappa shape index (κ1) is 25.0. The zero-order valence-corrected chi connectivity index (χ0v) is 20.3. The van der Waals surface area contributed by atoms with Crippen LogP contribution in [0.1, 0.15) is 34.3 Å². The van der Waals surface area contributed by atoms with Gasteiger partial charge in [0.1, 0.15) is 11.9 Å². The van der Waals surface area contributed by atoms with Crippen LogP contribution < -0.4 is 10.6 Å². The van der Waals surface area contributed by atoms with E-state index in [0.717, 1.165) is 29.8 Å². The minimum absolute atomic E-state index is 0.0584. The predicted molar refractivity (Wildman–Crippen MR) is 135 cm³/mol. The summed E-state index contributed by atoms with van der Waals surface area (Å²) in [5.41, 5.74) is 1.83. The number of carbonyl (C=O) groups excluding carboxylic acids is 1. The molecule has 35 heavy (non-hydrogen) atoms. The lowest BCUT2D eigenvalue weighted by atomic mass is 9.89. The van der Waals surface area contributed by atoms with Gasteiger partial charge in [-0.1, -0.05) is 59.6 Å². The highest BCUT2D eigenvalue weighted by Gasteiger charge is 2.30. The fourth-order valence-corrected chi connectivity index (χ4v) is 4.41. The van der Waals surface area contributed by atoms with Crippen molar-refractivity contribution in [2.24, 2.45) is 0 Å². The number of amides is 1. The third kappa shape index (κ3) is 6.72. The molecule has 1 saturated carbocycles. The van der Waals surface area contributed by atoms with Crippen molar-refractivity contribution in [2.75, 3.05) is 5.32 Å². The molecule has 1 aliphatic rings. The number of anilines is 1. The Bertz CT molecular complexity index is 1150. The van der Waals surface area contributed by atoms with E-state index in [0.29, 0.717) is 12.6 Å². The lowest BCUT2D eigenvalue weighted by Gasteiger charge is -2.36. The van der Waals surface area contributed by atoms with Crippen molar-refractivity contribution in [3.8, 4) is 0 Å². The number of pyridine rings is 1. The summed E-state index contributed by atoms with van der Waals surface area (Å²) in [5.74, 6) is -0.903. The first-order valence-electron chi connectivity index (χ1n) is 11.2. The van der Waals surface area contributed by atoms with Gasteiger partial charge < -0.3 is 20.5 Å². The molecule has 182 valence electrons. The Morgan fingerprint density at radius 3 is 2.31 bits per heavy atom. The van der Waals surface area contributed by atoms with Crippen LogP contribution in [-0.2, 0) is 22.6 Å². The molecule has 0 spiro atoms. The number of hydrogen-bond donors (Lipinski definition) is 3. The summed E-state index contributed by atoms with van der Waals surface area (Å²) in [6.45, 7) is 0.478. The molecule has 1 aromatic heterocycles. The maximum atomic E-state index is 12.6. The summed E-state index contributed by atoms with van der Waals surface area (Å²) in [7, 11) is 0. The van der Waals surface area contributed by atoms with E-state index in [1.165, 1.54) is 12.1 Å². The van der Waals surface area contributed by atoms with E-state index in [-0.39, 0.29) is 28.1 Å². The van der Waals surface area contributed by atoms with Gasteiger partial charge in [0.25, 0.3) is 5.91 Å². The Labute approximate surface area is 213 Å². The van der Waals surface area contributed by atoms with Crippen LogP contribution in [0.15, 0.2) is 66.9 Å². The summed E-state index contributed by atoms with van der Waals surface area (Å²) in [6.07, 6.45) is 3.92. The van der Waals surface area contributed by atoms with Gasteiger partial charge in [-0.15, -0.1) is 0 Å². The van der Waals surface area contributed by atoms with Crippen molar-refractivity contribution >= 4 is 40.9 Å². The van der Waals surface area contributed by atoms with Crippen molar-refractivity contribution < 1.29 is 19.4 Å². The molecule has 1 atom stereocenters. The van der Waals surface area contributed by atoms with E-state index in [1.54, 1.807) is 12.3 Å². The summed E-state index contributed by atoms with van der Waals surface area (Å²) >= 11 is 12.1. The van der Waals surface area contributed by atoms with Crippen molar-refractivity contribution in [1.29, 1.82) is 0 Å². The molecular formula is C26H25Cl2N3O4. The molecule has 2 aromatic carbocycles. The van der Waals surface area contributed by atoms with Gasteiger partial charge in [0, 0.05) is 18.7 Å². The maximum absolute atomic E-state index is 12.6. The van der Waals surface area contributed by atoms with Crippen LogP contribution in [0.3, 0.4) is 0 Å². The summed E-state index contributed by atoms with van der Waals surface area (Å²) in [4.78, 5) is 28.6. The molecule has 0 saturated heterocycles. The maximum Gasteiger partial charge on any atom is 0.326 e. The first-order chi connectivity index (χ1) is 16.9. The van der Waals surface area contributed by atoms with Gasteiger partial charge in [-0.3, -0.25) is 4.79 Å². The van der Waals surface area contributed by atoms with Crippen LogP contribution in [0.4, 0.5) is 5.82 Å². The van der Waals surface area contributed by atoms with Gasteiger partial charge >= 0.3 is 5.97 Å². The Balaban J connectivity index is 1.25. The minimum Gasteiger partial charge on any atom is -0.480 e. The fraction of sp³-hybridized carbons (Fsp3) is 0.269. The van der Waals surface area contributed by atoms with Crippen LogP contribution in [0, 0.1) is 0 Å². The van der Waals surface area contributed by atoms with Gasteiger partial charge in [-0.05, 0) is 48.2 Å². The predicted octanol–water partition coefficient (Wildman–Crippen LogP) is 4.97. The molecule has 0 radical (unpaired) electrons. The molecule has 1 aliphatic carbocycles. The average Bonchev–Trinajstić information content (AvgIpc) is 2.81. The van der Waals surface area contributed by atoms with E-state index in [4.69, 9.17) is 27.9 Å². The zero-order valence-electron chi connectivity index (χ0n) is 18.8. The number of aromatic nitrogens is 1. The molecular weight excluding hydrogens is 489 g/mol. The SMILES string of the molecule is O=C(NC(Cc1ccc(COC2CC(Nc3ccccn3)C2)cc1)C(=O)O)c1c(Cl)cccc1Cl. The number of rotatable bonds is 10. The molecule has 9 heteroatoms. The highest BCUT2D eigenvalue weighted by Crippen LogP contribution is 2.27. The number of halogens is 2. The van der Waals surface area contributed by atoms with Crippen LogP contribution in [0.25, 0.3) is 0 Å².